The van der Waals surface area contributed by atoms with E-state index in [0.717, 1.165) is 22.0 Å². The Kier molecular flexibility index (Phi) is 3.28. The van der Waals surface area contributed by atoms with Crippen molar-refractivity contribution in [1.29, 1.82) is 0 Å². The van der Waals surface area contributed by atoms with Crippen molar-refractivity contribution in [1.82, 2.24) is 4.98 Å². The minimum absolute atomic E-state index is 0.887. The third kappa shape index (κ3) is 2.83. The quantitative estimate of drug-likeness (QED) is 0.561. The molecule has 0 bridgehead atoms. The number of benzene rings is 1. The van der Waals surface area contributed by atoms with Crippen molar-refractivity contribution in [3.05, 3.63) is 64.5 Å². The van der Waals surface area contributed by atoms with E-state index in [9.17, 15) is 0 Å². The van der Waals surface area contributed by atoms with Crippen LogP contribution >= 0.6 is 11.3 Å². The molecule has 19 heavy (non-hydrogen) atoms. The van der Waals surface area contributed by atoms with Crippen LogP contribution in [0.25, 0.3) is 10.9 Å². The van der Waals surface area contributed by atoms with Gasteiger partial charge in [0.25, 0.3) is 0 Å². The highest BCUT2D eigenvalue weighted by atomic mass is 32.1. The van der Waals surface area contributed by atoms with Crippen molar-refractivity contribution in [2.75, 3.05) is 0 Å². The van der Waals surface area contributed by atoms with Gasteiger partial charge in [-0.3, -0.25) is 4.98 Å². The minimum atomic E-state index is 0.887. The molecule has 0 spiro atoms. The molecule has 0 aliphatic rings. The maximum Gasteiger partial charge on any atom is 0.0702 e. The molecule has 2 aromatic heterocycles. The fourth-order valence-electron chi connectivity index (χ4n) is 1.68. The number of para-hydroxylation sites is 1. The van der Waals surface area contributed by atoms with Crippen LogP contribution in [0, 0.1) is 23.7 Å². The highest BCUT2D eigenvalue weighted by molar-refractivity contribution is 7.08. The minimum Gasteiger partial charge on any atom is -0.255 e. The Bertz CT molecular complexity index is 824. The number of hydrogen-bond donors (Lipinski definition) is 0. The third-order valence-corrected chi connectivity index (χ3v) is 3.27. The van der Waals surface area contributed by atoms with Gasteiger partial charge in [-0.2, -0.15) is 11.3 Å². The van der Waals surface area contributed by atoms with Crippen LogP contribution in [0.3, 0.4) is 0 Å². The second-order valence-electron chi connectivity index (χ2n) is 3.93. The summed E-state index contributed by atoms with van der Waals surface area (Å²) >= 11 is 1.63. The highest BCUT2D eigenvalue weighted by Gasteiger charge is 1.93. The van der Waals surface area contributed by atoms with Crippen molar-refractivity contribution < 1.29 is 0 Å². The van der Waals surface area contributed by atoms with Gasteiger partial charge in [-0.15, -0.1) is 0 Å². The molecule has 0 amide bonds. The molecule has 88 valence electrons. The topological polar surface area (TPSA) is 12.9 Å². The Labute approximate surface area is 115 Å². The van der Waals surface area contributed by atoms with Gasteiger partial charge in [0.15, 0.2) is 0 Å². The van der Waals surface area contributed by atoms with E-state index in [2.05, 4.69) is 28.7 Å². The molecule has 3 aromatic rings. The maximum atomic E-state index is 4.36. The van der Waals surface area contributed by atoms with E-state index < -0.39 is 0 Å². The van der Waals surface area contributed by atoms with Crippen molar-refractivity contribution in [2.24, 2.45) is 0 Å². The van der Waals surface area contributed by atoms with Crippen LogP contribution in [-0.2, 0) is 0 Å². The Balaban J connectivity index is 1.86. The van der Waals surface area contributed by atoms with Gasteiger partial charge in [0.05, 0.1) is 5.52 Å². The van der Waals surface area contributed by atoms with Gasteiger partial charge in [-0.1, -0.05) is 30.0 Å². The highest BCUT2D eigenvalue weighted by Crippen LogP contribution is 2.11. The summed E-state index contributed by atoms with van der Waals surface area (Å²) in [7, 11) is 0. The predicted molar refractivity (Wildman–Crippen MR) is 79.8 cm³/mol. The van der Waals surface area contributed by atoms with Gasteiger partial charge in [-0.25, -0.2) is 0 Å². The van der Waals surface area contributed by atoms with Crippen LogP contribution in [0.2, 0.25) is 0 Å². The molecule has 0 radical (unpaired) electrons. The van der Waals surface area contributed by atoms with Crippen LogP contribution in [0.4, 0.5) is 0 Å². The molecule has 1 nitrogen and oxygen atoms in total. The van der Waals surface area contributed by atoms with Gasteiger partial charge < -0.3 is 0 Å². The van der Waals surface area contributed by atoms with E-state index in [-0.39, 0.29) is 0 Å². The van der Waals surface area contributed by atoms with Gasteiger partial charge in [0.2, 0.25) is 0 Å². The molecule has 0 aliphatic carbocycles. The monoisotopic (exact) mass is 259 g/mol. The molecule has 1 aromatic carbocycles. The Morgan fingerprint density at radius 2 is 1.79 bits per heavy atom. The van der Waals surface area contributed by atoms with E-state index in [1.54, 1.807) is 17.5 Å². The zero-order valence-electron chi connectivity index (χ0n) is 10.1. The van der Waals surface area contributed by atoms with Gasteiger partial charge >= 0.3 is 0 Å². The number of hydrogen-bond acceptors (Lipinski definition) is 2. The fraction of sp³-hybridized carbons (Fsp3) is 0. The van der Waals surface area contributed by atoms with E-state index in [1.807, 2.05) is 47.2 Å². The van der Waals surface area contributed by atoms with E-state index in [4.69, 9.17) is 0 Å². The van der Waals surface area contributed by atoms with Crippen molar-refractivity contribution in [3.8, 4) is 23.7 Å². The molecule has 2 heterocycles. The van der Waals surface area contributed by atoms with E-state index >= 15 is 0 Å². The number of fused-ring (bicyclic) bond motifs is 1. The number of nitrogens with zero attached hydrogens (tertiary/aromatic N) is 1. The molecule has 0 fully saturated rings. The molecule has 0 N–H and O–H groups in total. The Morgan fingerprint density at radius 1 is 0.947 bits per heavy atom. The van der Waals surface area contributed by atoms with Crippen LogP contribution in [0.1, 0.15) is 11.1 Å². The first kappa shape index (κ1) is 11.5. The summed E-state index contributed by atoms with van der Waals surface area (Å²) in [6, 6.07) is 12.0. The molecule has 0 atom stereocenters. The number of thiophene rings is 1. The zero-order chi connectivity index (χ0) is 12.9. The molecule has 2 heteroatoms. The molecule has 0 unspecified atom stereocenters. The average Bonchev–Trinajstić information content (AvgIpc) is 2.97. The lowest BCUT2D eigenvalue weighted by molar-refractivity contribution is 1.39. The lowest BCUT2D eigenvalue weighted by Gasteiger charge is -1.95. The summed E-state index contributed by atoms with van der Waals surface area (Å²) in [5, 5.41) is 5.11. The van der Waals surface area contributed by atoms with Crippen LogP contribution in [-0.4, -0.2) is 4.98 Å². The summed E-state index contributed by atoms with van der Waals surface area (Å²) in [5.41, 5.74) is 2.88. The lowest BCUT2D eigenvalue weighted by Crippen LogP contribution is -1.80. The van der Waals surface area contributed by atoms with Crippen LogP contribution < -0.4 is 0 Å². The number of pyridine rings is 1. The zero-order valence-corrected chi connectivity index (χ0v) is 10.9. The lowest BCUT2D eigenvalue weighted by atomic mass is 10.2. The summed E-state index contributed by atoms with van der Waals surface area (Å²) in [6.45, 7) is 0. The fourth-order valence-corrected chi connectivity index (χ4v) is 2.27. The van der Waals surface area contributed by atoms with Crippen LogP contribution in [0.5, 0.6) is 0 Å². The van der Waals surface area contributed by atoms with Gasteiger partial charge in [-0.05, 0) is 35.4 Å². The second-order valence-corrected chi connectivity index (χ2v) is 4.71. The largest absolute Gasteiger partial charge is 0.255 e. The van der Waals surface area contributed by atoms with E-state index in [1.165, 1.54) is 0 Å². The summed E-state index contributed by atoms with van der Waals surface area (Å²) in [5.74, 6) is 11.7. The van der Waals surface area contributed by atoms with Crippen LogP contribution in [0.15, 0.2) is 53.4 Å². The molecular formula is C17H9NS. The SMILES string of the molecule is C(C#Cc1cnc2ccccc2c1)#Cc1ccsc1. The van der Waals surface area contributed by atoms with E-state index in [0.29, 0.717) is 0 Å². The summed E-state index contributed by atoms with van der Waals surface area (Å²) in [6.07, 6.45) is 1.78. The van der Waals surface area contributed by atoms with Gasteiger partial charge in [0.1, 0.15) is 0 Å². The number of aromatic nitrogens is 1. The van der Waals surface area contributed by atoms with Crippen molar-refractivity contribution in [2.45, 2.75) is 0 Å². The Morgan fingerprint density at radius 3 is 2.63 bits per heavy atom. The summed E-state index contributed by atoms with van der Waals surface area (Å²) < 4.78 is 0. The van der Waals surface area contributed by atoms with Gasteiger partial charge in [0, 0.05) is 28.1 Å². The summed E-state index contributed by atoms with van der Waals surface area (Å²) in [4.78, 5) is 4.36. The van der Waals surface area contributed by atoms with Crippen molar-refractivity contribution >= 4 is 22.2 Å². The molecule has 0 saturated heterocycles. The second kappa shape index (κ2) is 5.40. The number of rotatable bonds is 0. The van der Waals surface area contributed by atoms with Crippen molar-refractivity contribution in [3.63, 3.8) is 0 Å². The molecule has 0 aliphatic heterocycles. The standard InChI is InChI=1S/C17H9NS/c1(5-14-9-10-19-13-14)2-6-15-11-16-7-3-4-8-17(16)18-12-15/h3-4,7-13H. The normalized spacial score (nSPS) is 9.26. The smallest absolute Gasteiger partial charge is 0.0702 e. The average molecular weight is 259 g/mol. The maximum absolute atomic E-state index is 4.36. The first-order valence-corrected chi connectivity index (χ1v) is 6.75. The third-order valence-electron chi connectivity index (χ3n) is 2.59. The molecule has 0 saturated carbocycles. The Hall–Kier alpha value is -2.55. The first-order chi connectivity index (χ1) is 9.42. The predicted octanol–water partition coefficient (Wildman–Crippen LogP) is 3.70. The molecule has 3 rings (SSSR count). The molecular weight excluding hydrogens is 250 g/mol. The first-order valence-electron chi connectivity index (χ1n) is 5.81.